The topological polar surface area (TPSA) is 66.9 Å². The minimum Gasteiger partial charge on any atom is -0.610 e. The molecule has 32 heavy (non-hydrogen) atoms. The molecule has 0 spiro atoms. The minimum atomic E-state index is -0.922. The third-order valence-electron chi connectivity index (χ3n) is 6.24. The van der Waals surface area contributed by atoms with E-state index in [0.29, 0.717) is 30.1 Å². The lowest BCUT2D eigenvalue weighted by Gasteiger charge is -2.24. The molecule has 7 heteroatoms. The Morgan fingerprint density at radius 3 is 2.41 bits per heavy atom. The Balaban J connectivity index is 1.25. The zero-order chi connectivity index (χ0) is 22.7. The average Bonchev–Trinajstić information content (AvgIpc) is 3.22. The summed E-state index contributed by atoms with van der Waals surface area (Å²) in [5.74, 6) is 0.223. The quantitative estimate of drug-likeness (QED) is 0.313. The normalized spacial score (nSPS) is 17.4. The standard InChI is InChI=1S/C25H31N3O3S/c1-3-13-27(15-16-28-24(29)20-9-4-5-10-21(20)25(28)30)14-7-6-8-19-11-12-22-23(17-19)32(31)18-26(22)2/h4-5,9-12,17H,3,6-8,13-16,18H2,1-2H3. The summed E-state index contributed by atoms with van der Waals surface area (Å²) in [6, 6.07) is 13.4. The van der Waals surface area contributed by atoms with Crippen LogP contribution < -0.4 is 4.90 Å². The summed E-state index contributed by atoms with van der Waals surface area (Å²) in [7, 11) is 1.98. The van der Waals surface area contributed by atoms with E-state index in [-0.39, 0.29) is 11.8 Å². The molecule has 2 aliphatic heterocycles. The predicted octanol–water partition coefficient (Wildman–Crippen LogP) is 3.53. The van der Waals surface area contributed by atoms with Crippen LogP contribution in [0, 0.1) is 0 Å². The molecule has 1 atom stereocenters. The first-order valence-electron chi connectivity index (χ1n) is 11.4. The molecule has 6 nitrogen and oxygen atoms in total. The number of hydrogen-bond donors (Lipinski definition) is 0. The third kappa shape index (κ3) is 4.70. The fourth-order valence-electron chi connectivity index (χ4n) is 4.53. The maximum absolute atomic E-state index is 12.6. The largest absolute Gasteiger partial charge is 0.610 e. The third-order valence-corrected chi connectivity index (χ3v) is 7.68. The van der Waals surface area contributed by atoms with E-state index in [1.54, 1.807) is 24.3 Å². The van der Waals surface area contributed by atoms with Gasteiger partial charge in [0.2, 0.25) is 0 Å². The van der Waals surface area contributed by atoms with Gasteiger partial charge in [-0.2, -0.15) is 0 Å². The highest BCUT2D eigenvalue weighted by Gasteiger charge is 2.34. The van der Waals surface area contributed by atoms with Gasteiger partial charge in [-0.15, -0.1) is 0 Å². The van der Waals surface area contributed by atoms with Crippen molar-refractivity contribution in [2.75, 3.05) is 44.0 Å². The Labute approximate surface area is 193 Å². The maximum atomic E-state index is 12.6. The molecule has 170 valence electrons. The highest BCUT2D eigenvalue weighted by atomic mass is 32.2. The summed E-state index contributed by atoms with van der Waals surface area (Å²) in [5.41, 5.74) is 3.34. The van der Waals surface area contributed by atoms with Crippen LogP contribution in [0.15, 0.2) is 47.4 Å². The Hall–Kier alpha value is -2.35. The van der Waals surface area contributed by atoms with E-state index in [4.69, 9.17) is 0 Å². The number of carbonyl (C=O) groups excluding carboxylic acids is 2. The van der Waals surface area contributed by atoms with Crippen molar-refractivity contribution >= 4 is 28.7 Å². The number of amides is 2. The number of carbonyl (C=O) groups is 2. The van der Waals surface area contributed by atoms with Gasteiger partial charge in [0.05, 0.1) is 16.8 Å². The highest BCUT2D eigenvalue weighted by Crippen LogP contribution is 2.33. The van der Waals surface area contributed by atoms with Gasteiger partial charge in [0, 0.05) is 31.3 Å². The number of fused-ring (bicyclic) bond motifs is 2. The van der Waals surface area contributed by atoms with Crippen molar-refractivity contribution in [3.05, 3.63) is 59.2 Å². The van der Waals surface area contributed by atoms with E-state index >= 15 is 0 Å². The number of imide groups is 1. The van der Waals surface area contributed by atoms with E-state index in [9.17, 15) is 14.1 Å². The van der Waals surface area contributed by atoms with Crippen molar-refractivity contribution in [3.63, 3.8) is 0 Å². The molecule has 2 amide bonds. The first-order valence-corrected chi connectivity index (χ1v) is 12.7. The number of nitrogens with zero attached hydrogens (tertiary/aromatic N) is 3. The summed E-state index contributed by atoms with van der Waals surface area (Å²) < 4.78 is 12.2. The van der Waals surface area contributed by atoms with Crippen LogP contribution >= 0.6 is 0 Å². The monoisotopic (exact) mass is 453 g/mol. The van der Waals surface area contributed by atoms with Gasteiger partial charge in [0.1, 0.15) is 0 Å². The second kappa shape index (κ2) is 10.1. The molecular formula is C25H31N3O3S. The van der Waals surface area contributed by atoms with Crippen LogP contribution in [-0.4, -0.2) is 65.3 Å². The van der Waals surface area contributed by atoms with Gasteiger partial charge in [0.15, 0.2) is 10.8 Å². The van der Waals surface area contributed by atoms with Crippen LogP contribution in [0.25, 0.3) is 0 Å². The molecule has 1 unspecified atom stereocenters. The maximum Gasteiger partial charge on any atom is 0.261 e. The van der Waals surface area contributed by atoms with Crippen LogP contribution in [0.2, 0.25) is 0 Å². The fraction of sp³-hybridized carbons (Fsp3) is 0.440. The summed E-state index contributed by atoms with van der Waals surface area (Å²) in [4.78, 5) is 31.9. The van der Waals surface area contributed by atoms with Crippen molar-refractivity contribution < 1.29 is 14.1 Å². The molecule has 2 aliphatic rings. The summed E-state index contributed by atoms with van der Waals surface area (Å²) in [6.07, 6.45) is 4.09. The van der Waals surface area contributed by atoms with Crippen LogP contribution in [-0.2, 0) is 17.6 Å². The molecule has 0 saturated heterocycles. The van der Waals surface area contributed by atoms with E-state index < -0.39 is 11.2 Å². The molecule has 0 saturated carbocycles. The van der Waals surface area contributed by atoms with E-state index in [2.05, 4.69) is 30.0 Å². The Bertz CT molecular complexity index is 961. The SMILES string of the molecule is CCCN(CCCCc1ccc2c(c1)[S+]([O-])CN2C)CCN1C(=O)c2ccccc2C1=O. The van der Waals surface area contributed by atoms with E-state index in [1.165, 1.54) is 10.5 Å². The number of unbranched alkanes of at least 4 members (excludes halogenated alkanes) is 1. The number of anilines is 1. The number of benzene rings is 2. The molecule has 0 radical (unpaired) electrons. The predicted molar refractivity (Wildman–Crippen MR) is 128 cm³/mol. The van der Waals surface area contributed by atoms with Crippen molar-refractivity contribution in [3.8, 4) is 0 Å². The molecule has 0 bridgehead atoms. The molecule has 0 aromatic heterocycles. The molecule has 2 aromatic rings. The second-order valence-corrected chi connectivity index (χ2v) is 9.97. The molecule has 4 rings (SSSR count). The lowest BCUT2D eigenvalue weighted by atomic mass is 10.1. The van der Waals surface area contributed by atoms with Crippen molar-refractivity contribution in [1.29, 1.82) is 0 Å². The van der Waals surface area contributed by atoms with Gasteiger partial charge in [-0.05, 0) is 68.6 Å². The Morgan fingerprint density at radius 2 is 1.72 bits per heavy atom. The van der Waals surface area contributed by atoms with E-state index in [0.717, 1.165) is 49.4 Å². The van der Waals surface area contributed by atoms with Crippen molar-refractivity contribution in [2.45, 2.75) is 37.5 Å². The van der Waals surface area contributed by atoms with Crippen LogP contribution in [0.4, 0.5) is 5.69 Å². The average molecular weight is 454 g/mol. The van der Waals surface area contributed by atoms with Crippen LogP contribution in [0.5, 0.6) is 0 Å². The molecule has 0 aliphatic carbocycles. The zero-order valence-corrected chi connectivity index (χ0v) is 19.7. The fourth-order valence-corrected chi connectivity index (χ4v) is 5.90. The molecule has 2 aromatic carbocycles. The number of hydrogen-bond acceptors (Lipinski definition) is 5. The van der Waals surface area contributed by atoms with Crippen molar-refractivity contribution in [2.24, 2.45) is 0 Å². The Morgan fingerprint density at radius 1 is 1.00 bits per heavy atom. The number of rotatable bonds is 10. The minimum absolute atomic E-state index is 0.179. The van der Waals surface area contributed by atoms with Crippen LogP contribution in [0.3, 0.4) is 0 Å². The van der Waals surface area contributed by atoms with Gasteiger partial charge >= 0.3 is 0 Å². The summed E-state index contributed by atoms with van der Waals surface area (Å²) in [5, 5.41) is 0. The van der Waals surface area contributed by atoms with Crippen LogP contribution in [0.1, 0.15) is 52.5 Å². The van der Waals surface area contributed by atoms with Gasteiger partial charge in [0.25, 0.3) is 11.8 Å². The molecular weight excluding hydrogens is 422 g/mol. The smallest absolute Gasteiger partial charge is 0.261 e. The van der Waals surface area contributed by atoms with Gasteiger partial charge in [-0.3, -0.25) is 14.5 Å². The molecule has 0 fully saturated rings. The van der Waals surface area contributed by atoms with E-state index in [1.807, 2.05) is 11.9 Å². The van der Waals surface area contributed by atoms with Crippen molar-refractivity contribution in [1.82, 2.24) is 9.80 Å². The highest BCUT2D eigenvalue weighted by molar-refractivity contribution is 7.92. The first kappa shape index (κ1) is 22.8. The first-order chi connectivity index (χ1) is 15.5. The van der Waals surface area contributed by atoms with Gasteiger partial charge < -0.3 is 14.4 Å². The number of aryl methyl sites for hydroxylation is 1. The second-order valence-electron chi connectivity index (χ2n) is 8.58. The van der Waals surface area contributed by atoms with Gasteiger partial charge in [-0.25, -0.2) is 0 Å². The molecule has 2 heterocycles. The summed E-state index contributed by atoms with van der Waals surface area (Å²) in [6.45, 7) is 5.17. The zero-order valence-electron chi connectivity index (χ0n) is 18.9. The Kier molecular flexibility index (Phi) is 7.18. The molecule has 0 N–H and O–H groups in total. The summed E-state index contributed by atoms with van der Waals surface area (Å²) >= 11 is -0.922. The lowest BCUT2D eigenvalue weighted by Crippen LogP contribution is -2.39. The lowest BCUT2D eigenvalue weighted by molar-refractivity contribution is 0.0635. The van der Waals surface area contributed by atoms with Gasteiger partial charge in [-0.1, -0.05) is 25.1 Å².